The van der Waals surface area contributed by atoms with E-state index in [4.69, 9.17) is 21.9 Å². The zero-order chi connectivity index (χ0) is 22.6. The van der Waals surface area contributed by atoms with Gasteiger partial charge in [0, 0.05) is 5.56 Å². The van der Waals surface area contributed by atoms with Crippen molar-refractivity contribution in [3.63, 3.8) is 0 Å². The molecule has 164 valence electrons. The summed E-state index contributed by atoms with van der Waals surface area (Å²) in [7, 11) is 0. The van der Waals surface area contributed by atoms with Crippen molar-refractivity contribution in [2.75, 3.05) is 0 Å². The molecule has 1 aromatic heterocycles. The number of hydrogen-bond acceptors (Lipinski definition) is 6. The lowest BCUT2D eigenvalue weighted by Crippen LogP contribution is -2.50. The van der Waals surface area contributed by atoms with Crippen molar-refractivity contribution in [1.82, 2.24) is 20.1 Å². The van der Waals surface area contributed by atoms with Gasteiger partial charge in [0.2, 0.25) is 0 Å². The summed E-state index contributed by atoms with van der Waals surface area (Å²) in [6.45, 7) is 5.89. The fourth-order valence-electron chi connectivity index (χ4n) is 3.81. The third kappa shape index (κ3) is 3.87. The molecule has 1 aromatic carbocycles. The molecule has 9 nitrogen and oxygen atoms in total. The molecule has 2 aromatic rings. The summed E-state index contributed by atoms with van der Waals surface area (Å²) in [6, 6.07) is 4.06. The summed E-state index contributed by atoms with van der Waals surface area (Å²) in [6.07, 6.45) is 1.14. The third-order valence-electron chi connectivity index (χ3n) is 5.40. The van der Waals surface area contributed by atoms with Crippen LogP contribution >= 0.6 is 11.6 Å². The van der Waals surface area contributed by atoms with E-state index in [-0.39, 0.29) is 22.8 Å². The minimum atomic E-state index is -0.662. The van der Waals surface area contributed by atoms with Crippen LogP contribution in [0.5, 0.6) is 0 Å². The van der Waals surface area contributed by atoms with Gasteiger partial charge in [-0.2, -0.15) is 10.6 Å². The lowest BCUT2D eigenvalue weighted by Gasteiger charge is -2.37. The van der Waals surface area contributed by atoms with Crippen molar-refractivity contribution in [2.45, 2.75) is 57.8 Å². The molecule has 1 aliphatic heterocycles. The highest BCUT2D eigenvalue weighted by Gasteiger charge is 2.55. The minimum Gasteiger partial charge on any atom is -0.444 e. The van der Waals surface area contributed by atoms with E-state index in [2.05, 4.69) is 15.7 Å². The first-order valence-corrected chi connectivity index (χ1v) is 10.1. The molecule has 0 saturated heterocycles. The Hall–Kier alpha value is -3.01. The van der Waals surface area contributed by atoms with Gasteiger partial charge < -0.3 is 4.74 Å². The molecule has 0 radical (unpaired) electrons. The van der Waals surface area contributed by atoms with Crippen LogP contribution in [0.4, 0.5) is 9.18 Å². The summed E-state index contributed by atoms with van der Waals surface area (Å²) in [5.74, 6) is -1.24. The van der Waals surface area contributed by atoms with Crippen LogP contribution in [0, 0.1) is 11.3 Å². The Morgan fingerprint density at radius 1 is 1.35 bits per heavy atom. The van der Waals surface area contributed by atoms with Crippen LogP contribution in [0.3, 0.4) is 0 Å². The first-order valence-electron chi connectivity index (χ1n) is 9.77. The van der Waals surface area contributed by atoms with Crippen LogP contribution in [0.25, 0.3) is 11.3 Å². The lowest BCUT2D eigenvalue weighted by atomic mass is 10.0. The van der Waals surface area contributed by atoms with E-state index in [9.17, 15) is 14.0 Å². The minimum absolute atomic E-state index is 0.103. The molecule has 1 spiro atoms. The monoisotopic (exact) mass is 448 g/mol. The van der Waals surface area contributed by atoms with E-state index in [0.29, 0.717) is 17.8 Å². The summed E-state index contributed by atoms with van der Waals surface area (Å²) >= 11 is 5.94. The number of rotatable bonds is 3. The molecule has 0 atom stereocenters. The average molecular weight is 449 g/mol. The second-order valence-corrected chi connectivity index (χ2v) is 9.21. The Kier molecular flexibility index (Phi) is 5.00. The van der Waals surface area contributed by atoms with Gasteiger partial charge in [0.25, 0.3) is 5.91 Å². The maximum absolute atomic E-state index is 13.7. The fraction of sp³-hybridized carbons (Fsp3) is 0.450. The second kappa shape index (κ2) is 7.30. The number of aromatic nitrogens is 2. The van der Waals surface area contributed by atoms with Gasteiger partial charge in [0.05, 0.1) is 34.9 Å². The van der Waals surface area contributed by atoms with Crippen LogP contribution in [0.15, 0.2) is 23.4 Å². The number of carbonyl (C=O) groups is 2. The van der Waals surface area contributed by atoms with Crippen LogP contribution in [0.1, 0.15) is 49.7 Å². The molecule has 2 N–H and O–H groups in total. The topological polar surface area (TPSA) is 113 Å². The highest BCUT2D eigenvalue weighted by atomic mass is 35.5. The van der Waals surface area contributed by atoms with Crippen LogP contribution in [-0.4, -0.2) is 37.8 Å². The smallest absolute Gasteiger partial charge is 0.411 e. The van der Waals surface area contributed by atoms with Gasteiger partial charge in [0.1, 0.15) is 17.1 Å². The molecule has 0 unspecified atom stereocenters. The van der Waals surface area contributed by atoms with E-state index >= 15 is 0 Å². The number of ether oxygens (including phenoxy) is 1. The van der Waals surface area contributed by atoms with Crippen molar-refractivity contribution in [1.29, 1.82) is 5.53 Å². The Labute approximate surface area is 183 Å². The molecular formula is C20H22ClFN6O3. The SMILES string of the molecule is CC(C)(C)OC(=O)N1Cc2c(C(=O)NN=N)c(-c3ccc(F)c(Cl)c3)nn2CC12CC2. The van der Waals surface area contributed by atoms with Gasteiger partial charge in [-0.25, -0.2) is 14.6 Å². The number of hydrogen-bond donors (Lipinski definition) is 2. The van der Waals surface area contributed by atoms with Gasteiger partial charge in [-0.1, -0.05) is 16.8 Å². The molecule has 1 aliphatic carbocycles. The number of carbonyl (C=O) groups excluding carboxylic acids is 2. The molecule has 1 saturated carbocycles. The standard InChI is InChI=1S/C20H22ClFN6O3/c1-19(2,3)31-18(30)27-9-14-15(17(29)24-26-23)16(11-4-5-13(22)12(21)8-11)25-28(14)10-20(27)6-7-20/h4-5,8H,6-7,9-10H2,1-3H3,(H2,23,24,29). The van der Waals surface area contributed by atoms with Crippen molar-refractivity contribution >= 4 is 23.6 Å². The van der Waals surface area contributed by atoms with E-state index in [1.165, 1.54) is 18.2 Å². The predicted molar refractivity (Wildman–Crippen MR) is 109 cm³/mol. The Bertz CT molecular complexity index is 1090. The van der Waals surface area contributed by atoms with Gasteiger partial charge in [0.15, 0.2) is 0 Å². The van der Waals surface area contributed by atoms with Crippen LogP contribution in [0.2, 0.25) is 5.02 Å². The third-order valence-corrected chi connectivity index (χ3v) is 5.69. The van der Waals surface area contributed by atoms with Crippen molar-refractivity contribution in [3.05, 3.63) is 40.3 Å². The largest absolute Gasteiger partial charge is 0.444 e. The molecule has 2 amide bonds. The molecule has 2 heterocycles. The van der Waals surface area contributed by atoms with E-state index < -0.39 is 29.0 Å². The van der Waals surface area contributed by atoms with Gasteiger partial charge in [-0.05, 0) is 51.8 Å². The van der Waals surface area contributed by atoms with Crippen LogP contribution < -0.4 is 5.43 Å². The summed E-state index contributed by atoms with van der Waals surface area (Å²) in [5, 5.41) is 7.46. The Balaban J connectivity index is 1.80. The van der Waals surface area contributed by atoms with E-state index in [0.717, 1.165) is 12.8 Å². The Morgan fingerprint density at radius 2 is 2.06 bits per heavy atom. The number of halogens is 2. The number of fused-ring (bicyclic) bond motifs is 1. The molecule has 11 heteroatoms. The van der Waals surface area contributed by atoms with Gasteiger partial charge in [-0.15, -0.1) is 0 Å². The summed E-state index contributed by atoms with van der Waals surface area (Å²) < 4.78 is 21.0. The van der Waals surface area contributed by atoms with E-state index in [1.54, 1.807) is 30.4 Å². The number of nitrogens with one attached hydrogen (secondary N) is 2. The predicted octanol–water partition coefficient (Wildman–Crippen LogP) is 4.30. The molecule has 1 fully saturated rings. The van der Waals surface area contributed by atoms with Crippen molar-refractivity contribution in [2.24, 2.45) is 5.22 Å². The molecule has 31 heavy (non-hydrogen) atoms. The van der Waals surface area contributed by atoms with Gasteiger partial charge in [-0.3, -0.25) is 14.4 Å². The highest BCUT2D eigenvalue weighted by molar-refractivity contribution is 6.31. The summed E-state index contributed by atoms with van der Waals surface area (Å²) in [4.78, 5) is 27.3. The zero-order valence-electron chi connectivity index (χ0n) is 17.3. The lowest BCUT2D eigenvalue weighted by molar-refractivity contribution is 0.00212. The molecule has 4 rings (SSSR count). The molecule has 0 bridgehead atoms. The number of nitrogens with zero attached hydrogens (tertiary/aromatic N) is 4. The first kappa shape index (κ1) is 21.2. The number of amides is 2. The Morgan fingerprint density at radius 3 is 2.65 bits per heavy atom. The van der Waals surface area contributed by atoms with E-state index in [1.807, 2.05) is 0 Å². The normalized spacial score (nSPS) is 16.6. The molecular weight excluding hydrogens is 427 g/mol. The summed E-state index contributed by atoms with van der Waals surface area (Å²) in [5.41, 5.74) is 9.40. The van der Waals surface area contributed by atoms with Gasteiger partial charge >= 0.3 is 6.09 Å². The maximum Gasteiger partial charge on any atom is 0.411 e. The first-order chi connectivity index (χ1) is 14.5. The highest BCUT2D eigenvalue weighted by Crippen LogP contribution is 2.48. The maximum atomic E-state index is 13.7. The van der Waals surface area contributed by atoms with Crippen molar-refractivity contribution in [3.8, 4) is 11.3 Å². The van der Waals surface area contributed by atoms with Crippen LogP contribution in [-0.2, 0) is 17.8 Å². The fourth-order valence-corrected chi connectivity index (χ4v) is 3.99. The quantitative estimate of drug-likeness (QED) is 0.538. The average Bonchev–Trinajstić information content (AvgIpc) is 3.32. The number of benzene rings is 1. The molecule has 2 aliphatic rings. The second-order valence-electron chi connectivity index (χ2n) is 8.80. The zero-order valence-corrected chi connectivity index (χ0v) is 18.1. The van der Waals surface area contributed by atoms with Crippen molar-refractivity contribution < 1.29 is 18.7 Å².